The van der Waals surface area contributed by atoms with Gasteiger partial charge < -0.3 is 0 Å². The molecular weight excluding hydrogens is 218 g/mol. The fourth-order valence-electron chi connectivity index (χ4n) is 4.57. The minimum absolute atomic E-state index is 0.0786. The Morgan fingerprint density at radius 1 is 1.28 bits per heavy atom. The fourth-order valence-corrected chi connectivity index (χ4v) is 4.57. The molecule has 0 heterocycles. The van der Waals surface area contributed by atoms with Crippen LogP contribution in [-0.2, 0) is 0 Å². The average molecular weight is 249 g/mol. The number of fused-ring (bicyclic) bond motifs is 2. The summed E-state index contributed by atoms with van der Waals surface area (Å²) in [5.74, 6) is 3.51. The van der Waals surface area contributed by atoms with Crippen molar-refractivity contribution in [1.82, 2.24) is 0 Å². The molecule has 1 heteroatoms. The lowest BCUT2D eigenvalue weighted by atomic mass is 9.63. The molecule has 0 aromatic rings. The zero-order valence-electron chi connectivity index (χ0n) is 13.2. The molecule has 18 heavy (non-hydrogen) atoms. The van der Waals surface area contributed by atoms with Crippen LogP contribution in [0.3, 0.4) is 0 Å². The maximum Gasteiger partial charge on any atom is 0.0520 e. The topological polar surface area (TPSA) is 12.4 Å². The van der Waals surface area contributed by atoms with Crippen molar-refractivity contribution in [3.63, 3.8) is 0 Å². The van der Waals surface area contributed by atoms with Crippen LogP contribution in [0.15, 0.2) is 4.99 Å². The van der Waals surface area contributed by atoms with Crippen LogP contribution in [-0.4, -0.2) is 11.8 Å². The quantitative estimate of drug-likeness (QED) is 0.627. The van der Waals surface area contributed by atoms with E-state index in [1.165, 1.54) is 25.7 Å². The average Bonchev–Trinajstić information content (AvgIpc) is 2.78. The van der Waals surface area contributed by atoms with Gasteiger partial charge in [-0.1, -0.05) is 20.8 Å². The van der Waals surface area contributed by atoms with Crippen molar-refractivity contribution in [3.8, 4) is 0 Å². The van der Waals surface area contributed by atoms with Gasteiger partial charge in [-0.2, -0.15) is 0 Å². The van der Waals surface area contributed by atoms with Crippen LogP contribution >= 0.6 is 0 Å². The lowest BCUT2D eigenvalue weighted by molar-refractivity contribution is 0.0930. The van der Waals surface area contributed by atoms with Crippen LogP contribution in [0.4, 0.5) is 0 Å². The van der Waals surface area contributed by atoms with Gasteiger partial charge in [0.05, 0.1) is 5.54 Å². The zero-order chi connectivity index (χ0) is 13.6. The summed E-state index contributed by atoms with van der Waals surface area (Å²) in [4.78, 5) is 4.80. The van der Waals surface area contributed by atoms with Crippen molar-refractivity contribution in [3.05, 3.63) is 0 Å². The van der Waals surface area contributed by atoms with E-state index in [2.05, 4.69) is 47.8 Å². The Bertz CT molecular complexity index is 321. The molecule has 4 atom stereocenters. The summed E-state index contributed by atoms with van der Waals surface area (Å²) in [5, 5.41) is 0. The van der Waals surface area contributed by atoms with E-state index < -0.39 is 0 Å². The molecule has 2 bridgehead atoms. The van der Waals surface area contributed by atoms with Crippen molar-refractivity contribution >= 4 is 6.21 Å². The molecule has 4 unspecified atom stereocenters. The van der Waals surface area contributed by atoms with Crippen LogP contribution in [0.25, 0.3) is 0 Å². The van der Waals surface area contributed by atoms with Crippen LogP contribution in [0.2, 0.25) is 0 Å². The Labute approximate surface area is 113 Å². The Kier molecular flexibility index (Phi) is 3.64. The Morgan fingerprint density at radius 2 is 1.94 bits per heavy atom. The molecule has 0 aromatic carbocycles. The first-order chi connectivity index (χ1) is 8.25. The van der Waals surface area contributed by atoms with Gasteiger partial charge in [-0.05, 0) is 75.5 Å². The SMILES string of the molecule is CCC(C=NC(C)(C)C)C1C2CCC(C2)C1(C)C. The third kappa shape index (κ3) is 2.51. The maximum atomic E-state index is 4.80. The van der Waals surface area contributed by atoms with Gasteiger partial charge in [-0.3, -0.25) is 4.99 Å². The van der Waals surface area contributed by atoms with E-state index in [4.69, 9.17) is 4.99 Å². The van der Waals surface area contributed by atoms with Crippen molar-refractivity contribution in [2.24, 2.45) is 34.1 Å². The second kappa shape index (κ2) is 4.65. The number of nitrogens with zero attached hydrogens (tertiary/aromatic N) is 1. The van der Waals surface area contributed by atoms with E-state index in [0.717, 1.165) is 17.8 Å². The van der Waals surface area contributed by atoms with Crippen molar-refractivity contribution in [2.75, 3.05) is 0 Å². The van der Waals surface area contributed by atoms with Gasteiger partial charge in [0.1, 0.15) is 0 Å². The van der Waals surface area contributed by atoms with Crippen molar-refractivity contribution < 1.29 is 0 Å². The third-order valence-corrected chi connectivity index (χ3v) is 5.48. The molecule has 2 aliphatic carbocycles. The molecule has 0 spiro atoms. The number of aliphatic imine (C=N–C) groups is 1. The molecular formula is C17H31N. The Morgan fingerprint density at radius 3 is 2.39 bits per heavy atom. The van der Waals surface area contributed by atoms with E-state index in [-0.39, 0.29) is 5.54 Å². The second-order valence-electron chi connectivity index (χ2n) is 8.14. The first kappa shape index (κ1) is 14.1. The highest BCUT2D eigenvalue weighted by Gasteiger charge is 2.54. The predicted molar refractivity (Wildman–Crippen MR) is 80.1 cm³/mol. The molecule has 2 rings (SSSR count). The van der Waals surface area contributed by atoms with Gasteiger partial charge in [-0.15, -0.1) is 0 Å². The lowest BCUT2D eigenvalue weighted by Crippen LogP contribution is -2.36. The van der Waals surface area contributed by atoms with E-state index in [0.29, 0.717) is 11.3 Å². The monoisotopic (exact) mass is 249 g/mol. The standard InChI is InChI=1S/C17H31N/c1-7-12(11-18-16(2,3)4)15-13-8-9-14(10-13)17(15,5)6/h11-15H,7-10H2,1-6H3. The van der Waals surface area contributed by atoms with Gasteiger partial charge >= 0.3 is 0 Å². The number of hydrogen-bond acceptors (Lipinski definition) is 1. The van der Waals surface area contributed by atoms with E-state index in [1.54, 1.807) is 0 Å². The minimum Gasteiger partial charge on any atom is -0.291 e. The summed E-state index contributed by atoms with van der Waals surface area (Å²) in [7, 11) is 0. The minimum atomic E-state index is 0.0786. The molecule has 2 aliphatic rings. The smallest absolute Gasteiger partial charge is 0.0520 e. The second-order valence-corrected chi connectivity index (χ2v) is 8.14. The summed E-state index contributed by atoms with van der Waals surface area (Å²) >= 11 is 0. The van der Waals surface area contributed by atoms with Gasteiger partial charge in [0.2, 0.25) is 0 Å². The predicted octanol–water partition coefficient (Wildman–Crippen LogP) is 4.95. The normalized spacial score (nSPS) is 36.4. The highest BCUT2D eigenvalue weighted by atomic mass is 14.8. The summed E-state index contributed by atoms with van der Waals surface area (Å²) in [6, 6.07) is 0. The third-order valence-electron chi connectivity index (χ3n) is 5.48. The van der Waals surface area contributed by atoms with Crippen LogP contribution in [0.1, 0.15) is 67.2 Å². The summed E-state index contributed by atoms with van der Waals surface area (Å²) < 4.78 is 0. The van der Waals surface area contributed by atoms with Gasteiger partial charge in [-0.25, -0.2) is 0 Å². The highest BCUT2D eigenvalue weighted by molar-refractivity contribution is 5.62. The molecule has 0 amide bonds. The van der Waals surface area contributed by atoms with Crippen molar-refractivity contribution in [1.29, 1.82) is 0 Å². The summed E-state index contributed by atoms with van der Waals surface area (Å²) in [6.45, 7) is 13.9. The van der Waals surface area contributed by atoms with E-state index in [9.17, 15) is 0 Å². The van der Waals surface area contributed by atoms with Crippen molar-refractivity contribution in [2.45, 2.75) is 72.8 Å². The van der Waals surface area contributed by atoms with E-state index >= 15 is 0 Å². The van der Waals surface area contributed by atoms with Crippen LogP contribution in [0.5, 0.6) is 0 Å². The molecule has 0 N–H and O–H groups in total. The summed E-state index contributed by atoms with van der Waals surface area (Å²) in [5.41, 5.74) is 0.614. The fraction of sp³-hybridized carbons (Fsp3) is 0.941. The Hall–Kier alpha value is -0.330. The van der Waals surface area contributed by atoms with Gasteiger partial charge in [0.25, 0.3) is 0 Å². The van der Waals surface area contributed by atoms with Gasteiger partial charge in [0.15, 0.2) is 0 Å². The molecule has 2 fully saturated rings. The van der Waals surface area contributed by atoms with E-state index in [1.807, 2.05) is 0 Å². The van der Waals surface area contributed by atoms with Crippen LogP contribution < -0.4 is 0 Å². The zero-order valence-corrected chi connectivity index (χ0v) is 13.2. The first-order valence-electron chi connectivity index (χ1n) is 7.81. The molecule has 104 valence electrons. The molecule has 0 aliphatic heterocycles. The molecule has 2 saturated carbocycles. The maximum absolute atomic E-state index is 4.80. The lowest BCUT2D eigenvalue weighted by Gasteiger charge is -2.41. The highest BCUT2D eigenvalue weighted by Crippen LogP contribution is 2.61. The van der Waals surface area contributed by atoms with Crippen LogP contribution in [0, 0.1) is 29.1 Å². The first-order valence-corrected chi connectivity index (χ1v) is 7.81. The molecule has 0 aromatic heterocycles. The molecule has 0 saturated heterocycles. The Balaban J connectivity index is 2.16. The summed E-state index contributed by atoms with van der Waals surface area (Å²) in [6.07, 6.45) is 7.97. The molecule has 0 radical (unpaired) electrons. The molecule has 1 nitrogen and oxygen atoms in total. The largest absolute Gasteiger partial charge is 0.291 e. The van der Waals surface area contributed by atoms with Gasteiger partial charge in [0, 0.05) is 6.21 Å². The number of hydrogen-bond donors (Lipinski definition) is 0. The number of rotatable bonds is 3.